The van der Waals surface area contributed by atoms with Crippen LogP contribution in [0.25, 0.3) is 0 Å². The van der Waals surface area contributed by atoms with E-state index in [0.29, 0.717) is 26.1 Å². The average Bonchev–Trinajstić information content (AvgIpc) is 2.82. The highest BCUT2D eigenvalue weighted by atomic mass is 16.6. The van der Waals surface area contributed by atoms with Crippen molar-refractivity contribution in [3.05, 3.63) is 35.9 Å². The lowest BCUT2D eigenvalue weighted by molar-refractivity contribution is -0.130. The fourth-order valence-corrected chi connectivity index (χ4v) is 3.40. The monoisotopic (exact) mass is 345 g/mol. The van der Waals surface area contributed by atoms with Crippen molar-refractivity contribution in [2.24, 2.45) is 0 Å². The summed E-state index contributed by atoms with van der Waals surface area (Å²) in [6.45, 7) is 7.39. The standard InChI is InChI=1S/C19H27N3O3/c1-18(2,3)25-17(24)21-11-9-19(10-12-21)13-16(23)22(20-19)14-15-7-5-4-6-8-15/h4-8,20H,9-14H2,1-3H3. The number of hydrogen-bond acceptors (Lipinski definition) is 4. The summed E-state index contributed by atoms with van der Waals surface area (Å²) in [6.07, 6.45) is 1.72. The normalized spacial score (nSPS) is 20.2. The molecule has 0 aliphatic carbocycles. The van der Waals surface area contributed by atoms with E-state index in [9.17, 15) is 9.59 Å². The maximum absolute atomic E-state index is 12.4. The van der Waals surface area contributed by atoms with Crippen molar-refractivity contribution in [2.45, 2.75) is 57.7 Å². The van der Waals surface area contributed by atoms with Gasteiger partial charge in [-0.05, 0) is 39.2 Å². The number of piperidine rings is 1. The number of amides is 2. The zero-order valence-electron chi connectivity index (χ0n) is 15.2. The van der Waals surface area contributed by atoms with Crippen LogP contribution < -0.4 is 5.43 Å². The highest BCUT2D eigenvalue weighted by Crippen LogP contribution is 2.32. The first-order valence-electron chi connectivity index (χ1n) is 8.86. The van der Waals surface area contributed by atoms with Gasteiger partial charge in [0.25, 0.3) is 0 Å². The number of rotatable bonds is 2. The summed E-state index contributed by atoms with van der Waals surface area (Å²) >= 11 is 0. The first kappa shape index (κ1) is 17.7. The Balaban J connectivity index is 1.57. The Morgan fingerprint density at radius 1 is 1.20 bits per heavy atom. The molecule has 1 spiro atoms. The van der Waals surface area contributed by atoms with Crippen molar-refractivity contribution >= 4 is 12.0 Å². The minimum absolute atomic E-state index is 0.120. The van der Waals surface area contributed by atoms with Gasteiger partial charge in [-0.15, -0.1) is 0 Å². The van der Waals surface area contributed by atoms with Crippen LogP contribution in [0.2, 0.25) is 0 Å². The number of benzene rings is 1. The van der Waals surface area contributed by atoms with Crippen LogP contribution >= 0.6 is 0 Å². The van der Waals surface area contributed by atoms with Crippen LogP contribution in [0.5, 0.6) is 0 Å². The van der Waals surface area contributed by atoms with Gasteiger partial charge >= 0.3 is 6.09 Å². The van der Waals surface area contributed by atoms with Crippen LogP contribution in [0.4, 0.5) is 4.79 Å². The third-order valence-corrected chi connectivity index (χ3v) is 4.72. The average molecular weight is 345 g/mol. The first-order valence-corrected chi connectivity index (χ1v) is 8.86. The van der Waals surface area contributed by atoms with E-state index in [-0.39, 0.29) is 17.5 Å². The molecule has 0 saturated carbocycles. The van der Waals surface area contributed by atoms with Gasteiger partial charge < -0.3 is 9.64 Å². The Bertz CT molecular complexity index is 631. The molecule has 2 fully saturated rings. The van der Waals surface area contributed by atoms with E-state index in [1.807, 2.05) is 51.1 Å². The molecule has 2 saturated heterocycles. The summed E-state index contributed by atoms with van der Waals surface area (Å²) in [4.78, 5) is 26.3. The van der Waals surface area contributed by atoms with E-state index in [0.717, 1.165) is 18.4 Å². The molecule has 3 rings (SSSR count). The van der Waals surface area contributed by atoms with Crippen LogP contribution in [0.15, 0.2) is 30.3 Å². The molecule has 136 valence electrons. The molecule has 0 unspecified atom stereocenters. The zero-order chi connectivity index (χ0) is 18.1. The van der Waals surface area contributed by atoms with Crippen molar-refractivity contribution in [1.82, 2.24) is 15.3 Å². The number of likely N-dealkylation sites (tertiary alicyclic amines) is 1. The van der Waals surface area contributed by atoms with E-state index >= 15 is 0 Å². The van der Waals surface area contributed by atoms with Gasteiger partial charge in [-0.3, -0.25) is 9.80 Å². The quantitative estimate of drug-likeness (QED) is 0.895. The molecule has 2 amide bonds. The molecule has 25 heavy (non-hydrogen) atoms. The minimum atomic E-state index is -0.486. The molecule has 2 aliphatic rings. The number of hydrazine groups is 1. The molecular weight excluding hydrogens is 318 g/mol. The lowest BCUT2D eigenvalue weighted by Crippen LogP contribution is -2.54. The third-order valence-electron chi connectivity index (χ3n) is 4.72. The molecule has 0 bridgehead atoms. The Kier molecular flexibility index (Phi) is 4.73. The van der Waals surface area contributed by atoms with Crippen molar-refractivity contribution in [2.75, 3.05) is 13.1 Å². The molecule has 1 N–H and O–H groups in total. The van der Waals surface area contributed by atoms with Gasteiger partial charge in [0.05, 0.1) is 6.54 Å². The van der Waals surface area contributed by atoms with Gasteiger partial charge in [0, 0.05) is 25.0 Å². The topological polar surface area (TPSA) is 61.9 Å². The number of carbonyl (C=O) groups is 2. The highest BCUT2D eigenvalue weighted by Gasteiger charge is 2.45. The molecule has 1 aromatic rings. The van der Waals surface area contributed by atoms with E-state index in [1.54, 1.807) is 9.91 Å². The number of ether oxygens (including phenoxy) is 1. The van der Waals surface area contributed by atoms with Crippen LogP contribution in [-0.4, -0.2) is 46.1 Å². The molecule has 6 heteroatoms. The maximum atomic E-state index is 12.4. The zero-order valence-corrected chi connectivity index (χ0v) is 15.2. The van der Waals surface area contributed by atoms with E-state index < -0.39 is 5.60 Å². The summed E-state index contributed by atoms with van der Waals surface area (Å²) in [5.41, 5.74) is 3.80. The second-order valence-corrected chi connectivity index (χ2v) is 8.00. The molecule has 0 atom stereocenters. The fraction of sp³-hybridized carbons (Fsp3) is 0.579. The van der Waals surface area contributed by atoms with E-state index in [2.05, 4.69) is 5.43 Å². The second-order valence-electron chi connectivity index (χ2n) is 8.00. The molecule has 0 radical (unpaired) electrons. The lowest BCUT2D eigenvalue weighted by Gasteiger charge is -2.39. The third kappa shape index (κ3) is 4.31. The van der Waals surface area contributed by atoms with Crippen molar-refractivity contribution in [1.29, 1.82) is 0 Å². The van der Waals surface area contributed by atoms with Crippen LogP contribution in [0.3, 0.4) is 0 Å². The summed E-state index contributed by atoms with van der Waals surface area (Å²) in [5.74, 6) is 0.120. The van der Waals surface area contributed by atoms with Gasteiger partial charge in [0.15, 0.2) is 0 Å². The Morgan fingerprint density at radius 3 is 2.44 bits per heavy atom. The van der Waals surface area contributed by atoms with Crippen molar-refractivity contribution < 1.29 is 14.3 Å². The van der Waals surface area contributed by atoms with Crippen molar-refractivity contribution in [3.8, 4) is 0 Å². The predicted molar refractivity (Wildman–Crippen MR) is 94.5 cm³/mol. The van der Waals surface area contributed by atoms with Crippen LogP contribution in [0.1, 0.15) is 45.6 Å². The second kappa shape index (κ2) is 6.67. The van der Waals surface area contributed by atoms with E-state index in [1.165, 1.54) is 0 Å². The van der Waals surface area contributed by atoms with Gasteiger partial charge in [0.1, 0.15) is 5.60 Å². The number of nitrogens with one attached hydrogen (secondary N) is 1. The Morgan fingerprint density at radius 2 is 1.84 bits per heavy atom. The predicted octanol–water partition coefficient (Wildman–Crippen LogP) is 2.69. The molecular formula is C19H27N3O3. The molecule has 2 aliphatic heterocycles. The van der Waals surface area contributed by atoms with Gasteiger partial charge in [-0.1, -0.05) is 30.3 Å². The molecule has 1 aromatic carbocycles. The lowest BCUT2D eigenvalue weighted by atomic mass is 9.86. The summed E-state index contributed by atoms with van der Waals surface area (Å²) < 4.78 is 5.44. The molecule has 0 aromatic heterocycles. The maximum Gasteiger partial charge on any atom is 0.410 e. The van der Waals surface area contributed by atoms with Crippen LogP contribution in [0, 0.1) is 0 Å². The summed E-state index contributed by atoms with van der Waals surface area (Å²) in [6, 6.07) is 9.96. The van der Waals surface area contributed by atoms with Crippen LogP contribution in [-0.2, 0) is 16.1 Å². The smallest absolute Gasteiger partial charge is 0.410 e. The molecule has 2 heterocycles. The molecule has 6 nitrogen and oxygen atoms in total. The number of hydrogen-bond donors (Lipinski definition) is 1. The Labute approximate surface area is 149 Å². The summed E-state index contributed by atoms with van der Waals surface area (Å²) in [7, 11) is 0. The minimum Gasteiger partial charge on any atom is -0.444 e. The van der Waals surface area contributed by atoms with Crippen molar-refractivity contribution in [3.63, 3.8) is 0 Å². The van der Waals surface area contributed by atoms with Gasteiger partial charge in [0.2, 0.25) is 5.91 Å². The number of carbonyl (C=O) groups excluding carboxylic acids is 2. The SMILES string of the molecule is CC(C)(C)OC(=O)N1CCC2(CC1)CC(=O)N(Cc1ccccc1)N2. The Hall–Kier alpha value is -2.08. The van der Waals surface area contributed by atoms with Gasteiger partial charge in [-0.2, -0.15) is 0 Å². The van der Waals surface area contributed by atoms with Gasteiger partial charge in [-0.25, -0.2) is 10.2 Å². The highest BCUT2D eigenvalue weighted by molar-refractivity contribution is 5.79. The largest absolute Gasteiger partial charge is 0.444 e. The van der Waals surface area contributed by atoms with E-state index in [4.69, 9.17) is 4.74 Å². The number of nitrogens with zero attached hydrogens (tertiary/aromatic N) is 2. The summed E-state index contributed by atoms with van der Waals surface area (Å²) in [5, 5.41) is 1.72. The fourth-order valence-electron chi connectivity index (χ4n) is 3.40. The first-order chi connectivity index (χ1) is 11.8.